The maximum atomic E-state index is 13.4. The fourth-order valence-corrected chi connectivity index (χ4v) is 1.94. The molecule has 0 saturated heterocycles. The lowest BCUT2D eigenvalue weighted by Crippen LogP contribution is -2.05. The molecule has 0 aliphatic rings. The summed E-state index contributed by atoms with van der Waals surface area (Å²) in [6, 6.07) is 17.3. The van der Waals surface area contributed by atoms with Gasteiger partial charge in [-0.1, -0.05) is 24.3 Å². The van der Waals surface area contributed by atoms with Crippen LogP contribution in [0.3, 0.4) is 0 Å². The van der Waals surface area contributed by atoms with Crippen LogP contribution in [0.25, 0.3) is 0 Å². The first-order valence-electron chi connectivity index (χ1n) is 6.51. The Bertz CT molecular complexity index is 683. The van der Waals surface area contributed by atoms with Crippen molar-refractivity contribution in [2.24, 2.45) is 0 Å². The quantitative estimate of drug-likeness (QED) is 0.837. The lowest BCUT2D eigenvalue weighted by molar-refractivity contribution is 0.291. The van der Waals surface area contributed by atoms with Crippen molar-refractivity contribution in [2.75, 3.05) is 6.61 Å². The maximum absolute atomic E-state index is 13.4. The third-order valence-corrected chi connectivity index (χ3v) is 3.10. The molecule has 0 aliphatic heterocycles. The summed E-state index contributed by atoms with van der Waals surface area (Å²) >= 11 is 0. The summed E-state index contributed by atoms with van der Waals surface area (Å²) in [7, 11) is 0. The van der Waals surface area contributed by atoms with Crippen molar-refractivity contribution in [3.8, 4) is 17.9 Å². The van der Waals surface area contributed by atoms with Gasteiger partial charge in [-0.25, -0.2) is 4.39 Å². The predicted octanol–water partition coefficient (Wildman–Crippen LogP) is 3.77. The van der Waals surface area contributed by atoms with Crippen LogP contribution in [-0.4, -0.2) is 6.61 Å². The van der Waals surface area contributed by atoms with Crippen molar-refractivity contribution in [3.05, 3.63) is 65.5 Å². The minimum absolute atomic E-state index is 0.189. The van der Waals surface area contributed by atoms with Crippen LogP contribution in [0, 0.1) is 28.5 Å². The normalized spacial score (nSPS) is 11.2. The van der Waals surface area contributed by atoms with E-state index in [1.165, 1.54) is 6.07 Å². The molecule has 0 fully saturated rings. The van der Waals surface area contributed by atoms with Gasteiger partial charge >= 0.3 is 0 Å². The number of para-hydroxylation sites is 1. The molecule has 21 heavy (non-hydrogen) atoms. The van der Waals surface area contributed by atoms with Crippen LogP contribution >= 0.6 is 0 Å². The third kappa shape index (κ3) is 3.81. The molecule has 0 aromatic heterocycles. The molecule has 0 bridgehead atoms. The molecule has 2 rings (SSSR count). The summed E-state index contributed by atoms with van der Waals surface area (Å²) in [6.45, 7) is 0.249. The number of ether oxygens (including phenoxy) is 1. The van der Waals surface area contributed by atoms with E-state index in [1.54, 1.807) is 42.5 Å². The highest BCUT2D eigenvalue weighted by atomic mass is 19.1. The lowest BCUT2D eigenvalue weighted by atomic mass is 9.97. The Hall–Kier alpha value is -2.85. The van der Waals surface area contributed by atoms with Crippen molar-refractivity contribution in [1.29, 1.82) is 10.5 Å². The predicted molar refractivity (Wildman–Crippen MR) is 76.0 cm³/mol. The minimum atomic E-state index is -0.413. The van der Waals surface area contributed by atoms with Gasteiger partial charge in [0.25, 0.3) is 0 Å². The average molecular weight is 280 g/mol. The fourth-order valence-electron chi connectivity index (χ4n) is 1.94. The highest BCUT2D eigenvalue weighted by Gasteiger charge is 2.11. The van der Waals surface area contributed by atoms with Gasteiger partial charge in [0.1, 0.15) is 0 Å². The van der Waals surface area contributed by atoms with Crippen LogP contribution in [0.2, 0.25) is 0 Å². The van der Waals surface area contributed by atoms with Crippen molar-refractivity contribution in [3.63, 3.8) is 0 Å². The molecular formula is C17H13FN2O. The van der Waals surface area contributed by atoms with Crippen LogP contribution in [0.15, 0.2) is 48.5 Å². The van der Waals surface area contributed by atoms with E-state index in [1.807, 2.05) is 6.07 Å². The molecule has 1 atom stereocenters. The van der Waals surface area contributed by atoms with E-state index in [9.17, 15) is 9.65 Å². The van der Waals surface area contributed by atoms with Gasteiger partial charge in [0.2, 0.25) is 0 Å². The molecule has 3 nitrogen and oxygen atoms in total. The van der Waals surface area contributed by atoms with Crippen LogP contribution < -0.4 is 4.74 Å². The lowest BCUT2D eigenvalue weighted by Gasteiger charge is -2.11. The van der Waals surface area contributed by atoms with E-state index in [4.69, 9.17) is 10.00 Å². The number of halogens is 1. The van der Waals surface area contributed by atoms with Crippen molar-refractivity contribution in [1.82, 2.24) is 0 Å². The Balaban J connectivity index is 1.95. The maximum Gasteiger partial charge on any atom is 0.165 e. The van der Waals surface area contributed by atoms with Gasteiger partial charge in [0.15, 0.2) is 11.6 Å². The van der Waals surface area contributed by atoms with Crippen molar-refractivity contribution >= 4 is 0 Å². The van der Waals surface area contributed by atoms with E-state index < -0.39 is 5.82 Å². The van der Waals surface area contributed by atoms with Crippen LogP contribution in [0.4, 0.5) is 4.39 Å². The topological polar surface area (TPSA) is 56.8 Å². The van der Waals surface area contributed by atoms with E-state index in [0.717, 1.165) is 5.56 Å². The third-order valence-electron chi connectivity index (χ3n) is 3.10. The molecule has 0 aliphatic carbocycles. The van der Waals surface area contributed by atoms with E-state index >= 15 is 0 Å². The second-order valence-corrected chi connectivity index (χ2v) is 4.48. The van der Waals surface area contributed by atoms with Gasteiger partial charge in [0.05, 0.1) is 30.2 Å². The molecule has 2 aromatic rings. The number of nitrogens with zero attached hydrogens (tertiary/aromatic N) is 2. The zero-order valence-corrected chi connectivity index (χ0v) is 11.3. The Morgan fingerprint density at radius 1 is 1.05 bits per heavy atom. The first-order chi connectivity index (χ1) is 10.2. The second kappa shape index (κ2) is 7.07. The van der Waals surface area contributed by atoms with Crippen LogP contribution in [-0.2, 0) is 0 Å². The zero-order valence-electron chi connectivity index (χ0n) is 11.3. The molecule has 104 valence electrons. The summed E-state index contributed by atoms with van der Waals surface area (Å²) in [5.74, 6) is -0.567. The Labute approximate surface area is 122 Å². The molecule has 2 aromatic carbocycles. The summed E-state index contributed by atoms with van der Waals surface area (Å²) in [4.78, 5) is 0. The molecule has 0 amide bonds. The van der Waals surface area contributed by atoms with Crippen molar-refractivity contribution in [2.45, 2.75) is 12.3 Å². The van der Waals surface area contributed by atoms with Gasteiger partial charge in [-0.05, 0) is 29.8 Å². The molecule has 0 spiro atoms. The van der Waals surface area contributed by atoms with Crippen molar-refractivity contribution < 1.29 is 9.13 Å². The average Bonchev–Trinajstić information content (AvgIpc) is 2.53. The smallest absolute Gasteiger partial charge is 0.165 e. The molecule has 0 N–H and O–H groups in total. The fraction of sp³-hybridized carbons (Fsp3) is 0.176. The molecule has 0 radical (unpaired) electrons. The standard InChI is InChI=1S/C17H13FN2O/c18-16-3-1-2-4-17(16)21-10-9-15(12-20)14-7-5-13(11-19)6-8-14/h1-8,15H,9-10H2. The number of benzene rings is 2. The SMILES string of the molecule is N#Cc1ccc(C(C#N)CCOc2ccccc2F)cc1. The van der Waals surface area contributed by atoms with Gasteiger partial charge in [-0.2, -0.15) is 10.5 Å². The van der Waals surface area contributed by atoms with Gasteiger partial charge in [0, 0.05) is 6.42 Å². The second-order valence-electron chi connectivity index (χ2n) is 4.48. The molecule has 1 unspecified atom stereocenters. The largest absolute Gasteiger partial charge is 0.490 e. The minimum Gasteiger partial charge on any atom is -0.490 e. The number of rotatable bonds is 5. The van der Waals surface area contributed by atoms with Gasteiger partial charge in [-0.15, -0.1) is 0 Å². The zero-order chi connectivity index (χ0) is 15.1. The first-order valence-corrected chi connectivity index (χ1v) is 6.51. The summed E-state index contributed by atoms with van der Waals surface area (Å²) in [5.41, 5.74) is 1.38. The van der Waals surface area contributed by atoms with E-state index in [2.05, 4.69) is 6.07 Å². The molecular weight excluding hydrogens is 267 g/mol. The summed E-state index contributed by atoms with van der Waals surface area (Å²) in [5, 5.41) is 18.0. The highest BCUT2D eigenvalue weighted by Crippen LogP contribution is 2.21. The monoisotopic (exact) mass is 280 g/mol. The number of hydrogen-bond donors (Lipinski definition) is 0. The molecule has 4 heteroatoms. The first kappa shape index (κ1) is 14.6. The number of hydrogen-bond acceptors (Lipinski definition) is 3. The summed E-state index contributed by atoms with van der Waals surface area (Å²) in [6.07, 6.45) is 0.455. The van der Waals surface area contributed by atoms with E-state index in [0.29, 0.717) is 12.0 Å². The van der Waals surface area contributed by atoms with Crippen LogP contribution in [0.5, 0.6) is 5.75 Å². The summed E-state index contributed by atoms with van der Waals surface area (Å²) < 4.78 is 18.7. The Kier molecular flexibility index (Phi) is 4.90. The highest BCUT2D eigenvalue weighted by molar-refractivity contribution is 5.34. The molecule has 0 heterocycles. The van der Waals surface area contributed by atoms with Crippen LogP contribution in [0.1, 0.15) is 23.5 Å². The van der Waals surface area contributed by atoms with Gasteiger partial charge in [-0.3, -0.25) is 0 Å². The van der Waals surface area contributed by atoms with E-state index in [-0.39, 0.29) is 18.3 Å². The number of nitriles is 2. The van der Waals surface area contributed by atoms with Gasteiger partial charge < -0.3 is 4.74 Å². The molecule has 0 saturated carbocycles. The Morgan fingerprint density at radius 3 is 2.38 bits per heavy atom. The Morgan fingerprint density at radius 2 is 1.76 bits per heavy atom.